The first kappa shape index (κ1) is 10.7. The van der Waals surface area contributed by atoms with Crippen molar-refractivity contribution in [2.75, 3.05) is 6.61 Å². The molecular formula is C13H12F2O2. The number of aliphatic hydroxyl groups excluding tert-OH is 1. The summed E-state index contributed by atoms with van der Waals surface area (Å²) in [5, 5.41) is 9.63. The van der Waals surface area contributed by atoms with Gasteiger partial charge in [0.2, 0.25) is 0 Å². The van der Waals surface area contributed by atoms with Gasteiger partial charge in [-0.05, 0) is 24.6 Å². The second-order valence-corrected chi connectivity index (χ2v) is 4.58. The van der Waals surface area contributed by atoms with Crippen molar-refractivity contribution in [3.05, 3.63) is 35.6 Å². The number of alkyl halides is 2. The fourth-order valence-electron chi connectivity index (χ4n) is 2.45. The maximum Gasteiger partial charge on any atom is 0.175 e. The van der Waals surface area contributed by atoms with Gasteiger partial charge in [-0.25, -0.2) is 8.78 Å². The van der Waals surface area contributed by atoms with Gasteiger partial charge >= 0.3 is 0 Å². The van der Waals surface area contributed by atoms with Crippen molar-refractivity contribution in [1.29, 1.82) is 0 Å². The van der Waals surface area contributed by atoms with E-state index in [4.69, 9.17) is 9.52 Å². The lowest BCUT2D eigenvalue weighted by molar-refractivity contribution is 0.132. The average molecular weight is 238 g/mol. The molecule has 4 heteroatoms. The van der Waals surface area contributed by atoms with E-state index in [1.54, 1.807) is 31.2 Å². The van der Waals surface area contributed by atoms with Crippen LogP contribution in [0.15, 0.2) is 28.7 Å². The Morgan fingerprint density at radius 3 is 2.88 bits per heavy atom. The number of halogens is 2. The van der Waals surface area contributed by atoms with Crippen LogP contribution in [-0.4, -0.2) is 23.6 Å². The van der Waals surface area contributed by atoms with Crippen molar-refractivity contribution in [3.8, 4) is 0 Å². The Labute approximate surface area is 96.9 Å². The van der Waals surface area contributed by atoms with E-state index < -0.39 is 24.4 Å². The lowest BCUT2D eigenvalue weighted by atomic mass is 10.0. The summed E-state index contributed by atoms with van der Waals surface area (Å²) in [4.78, 5) is 0. The van der Waals surface area contributed by atoms with Gasteiger partial charge in [0.05, 0.1) is 12.5 Å². The fourth-order valence-corrected chi connectivity index (χ4v) is 2.45. The lowest BCUT2D eigenvalue weighted by Gasteiger charge is -2.03. The average Bonchev–Trinajstić information content (AvgIpc) is 2.68. The highest BCUT2D eigenvalue weighted by Crippen LogP contribution is 2.57. The molecule has 1 fully saturated rings. The molecule has 0 aliphatic heterocycles. The molecule has 3 rings (SSSR count). The molecule has 0 radical (unpaired) electrons. The number of hydrogen-bond acceptors (Lipinski definition) is 2. The normalized spacial score (nSPS) is 32.0. The summed E-state index contributed by atoms with van der Waals surface area (Å²) < 4.78 is 32.7. The predicted octanol–water partition coefficient (Wildman–Crippen LogP) is 2.88. The molecule has 2 aromatic rings. The van der Waals surface area contributed by atoms with Crippen LogP contribution in [0.4, 0.5) is 8.78 Å². The Morgan fingerprint density at radius 2 is 2.24 bits per heavy atom. The van der Waals surface area contributed by atoms with E-state index in [1.807, 2.05) is 0 Å². The number of aryl methyl sites for hydroxylation is 1. The largest absolute Gasteiger partial charge is 0.461 e. The molecule has 0 bridgehead atoms. The third-order valence-electron chi connectivity index (χ3n) is 3.45. The Hall–Kier alpha value is -1.42. The minimum Gasteiger partial charge on any atom is -0.461 e. The van der Waals surface area contributed by atoms with Crippen molar-refractivity contribution < 1.29 is 18.3 Å². The quantitative estimate of drug-likeness (QED) is 0.872. The van der Waals surface area contributed by atoms with Crippen molar-refractivity contribution in [1.82, 2.24) is 0 Å². The van der Waals surface area contributed by atoms with E-state index in [0.717, 1.165) is 5.39 Å². The Morgan fingerprint density at radius 1 is 1.47 bits per heavy atom. The molecule has 1 aliphatic rings. The molecule has 1 saturated carbocycles. The summed E-state index contributed by atoms with van der Waals surface area (Å²) in [5.74, 6) is -0.176. The standard InChI is InChI=1S/C13H12F2O2/c1-7-5-9-8(3-2-4-10(9)17-7)11-12(14)13(11,15)6-16/h2-5,11-12,16H,6H2,1H3. The molecule has 17 heavy (non-hydrogen) atoms. The number of benzene rings is 1. The number of rotatable bonds is 2. The molecule has 1 aliphatic carbocycles. The third-order valence-corrected chi connectivity index (χ3v) is 3.45. The van der Waals surface area contributed by atoms with Crippen LogP contribution in [0.5, 0.6) is 0 Å². The third kappa shape index (κ3) is 1.33. The molecule has 1 N–H and O–H groups in total. The van der Waals surface area contributed by atoms with Gasteiger partial charge in [0.1, 0.15) is 17.5 Å². The van der Waals surface area contributed by atoms with E-state index in [-0.39, 0.29) is 0 Å². The van der Waals surface area contributed by atoms with Crippen LogP contribution < -0.4 is 0 Å². The molecule has 0 saturated heterocycles. The summed E-state index contributed by atoms with van der Waals surface area (Å²) in [5.41, 5.74) is -0.929. The molecule has 0 spiro atoms. The highest BCUT2D eigenvalue weighted by atomic mass is 19.2. The Kier molecular flexibility index (Phi) is 2.08. The molecule has 3 atom stereocenters. The number of furan rings is 1. The lowest BCUT2D eigenvalue weighted by Crippen LogP contribution is -2.12. The van der Waals surface area contributed by atoms with E-state index in [2.05, 4.69) is 0 Å². The Balaban J connectivity index is 2.13. The van der Waals surface area contributed by atoms with Crippen molar-refractivity contribution in [3.63, 3.8) is 0 Å². The SMILES string of the molecule is Cc1cc2c(C3C(F)C3(F)CO)cccc2o1. The summed E-state index contributed by atoms with van der Waals surface area (Å²) >= 11 is 0. The number of hydrogen-bond donors (Lipinski definition) is 1. The molecular weight excluding hydrogens is 226 g/mol. The predicted molar refractivity (Wildman–Crippen MR) is 59.5 cm³/mol. The topological polar surface area (TPSA) is 33.4 Å². The first-order valence-electron chi connectivity index (χ1n) is 5.51. The van der Waals surface area contributed by atoms with Gasteiger partial charge in [-0.1, -0.05) is 12.1 Å². The van der Waals surface area contributed by atoms with Crippen LogP contribution in [-0.2, 0) is 0 Å². The first-order chi connectivity index (χ1) is 8.08. The van der Waals surface area contributed by atoms with Crippen LogP contribution in [0, 0.1) is 6.92 Å². The van der Waals surface area contributed by atoms with Crippen LogP contribution in [0.25, 0.3) is 11.0 Å². The van der Waals surface area contributed by atoms with Gasteiger partial charge in [-0.15, -0.1) is 0 Å². The second-order valence-electron chi connectivity index (χ2n) is 4.58. The minimum absolute atomic E-state index is 0.573. The van der Waals surface area contributed by atoms with E-state index in [9.17, 15) is 8.78 Å². The van der Waals surface area contributed by atoms with Gasteiger partial charge in [0.15, 0.2) is 5.67 Å². The van der Waals surface area contributed by atoms with Crippen LogP contribution in [0.1, 0.15) is 17.2 Å². The highest BCUT2D eigenvalue weighted by molar-refractivity contribution is 5.83. The Bertz CT molecular complexity index is 578. The summed E-state index contributed by atoms with van der Waals surface area (Å²) in [6, 6.07) is 6.93. The first-order valence-corrected chi connectivity index (χ1v) is 5.51. The molecule has 90 valence electrons. The molecule has 0 amide bonds. The highest BCUT2D eigenvalue weighted by Gasteiger charge is 2.68. The zero-order valence-electron chi connectivity index (χ0n) is 9.28. The van der Waals surface area contributed by atoms with E-state index in [1.165, 1.54) is 0 Å². The van der Waals surface area contributed by atoms with Crippen molar-refractivity contribution >= 4 is 11.0 Å². The fraction of sp³-hybridized carbons (Fsp3) is 0.385. The van der Waals surface area contributed by atoms with Gasteiger partial charge in [-0.2, -0.15) is 0 Å². The molecule has 3 unspecified atom stereocenters. The van der Waals surface area contributed by atoms with Crippen LogP contribution >= 0.6 is 0 Å². The van der Waals surface area contributed by atoms with E-state index >= 15 is 0 Å². The molecule has 1 heterocycles. The van der Waals surface area contributed by atoms with Gasteiger partial charge in [0.25, 0.3) is 0 Å². The monoisotopic (exact) mass is 238 g/mol. The second kappa shape index (κ2) is 3.29. The minimum atomic E-state index is -2.13. The summed E-state index contributed by atoms with van der Waals surface area (Å²) in [7, 11) is 0. The molecule has 1 aromatic heterocycles. The zero-order valence-corrected chi connectivity index (χ0v) is 9.28. The van der Waals surface area contributed by atoms with Gasteiger partial charge < -0.3 is 9.52 Å². The van der Waals surface area contributed by atoms with Crippen LogP contribution in [0.2, 0.25) is 0 Å². The molecule has 1 aromatic carbocycles. The number of aliphatic hydroxyl groups is 1. The van der Waals surface area contributed by atoms with Crippen molar-refractivity contribution in [2.24, 2.45) is 0 Å². The van der Waals surface area contributed by atoms with Gasteiger partial charge in [0, 0.05) is 5.39 Å². The smallest absolute Gasteiger partial charge is 0.175 e. The maximum atomic E-state index is 13.9. The van der Waals surface area contributed by atoms with Gasteiger partial charge in [-0.3, -0.25) is 0 Å². The maximum absolute atomic E-state index is 13.9. The summed E-state index contributed by atoms with van der Waals surface area (Å²) in [6.45, 7) is 1.00. The zero-order chi connectivity index (χ0) is 12.2. The van der Waals surface area contributed by atoms with Crippen LogP contribution in [0.3, 0.4) is 0 Å². The molecule has 2 nitrogen and oxygen atoms in total. The number of fused-ring (bicyclic) bond motifs is 1. The summed E-state index contributed by atoms with van der Waals surface area (Å²) in [6.07, 6.45) is -1.63. The van der Waals surface area contributed by atoms with Crippen molar-refractivity contribution in [2.45, 2.75) is 24.7 Å². The van der Waals surface area contributed by atoms with E-state index in [0.29, 0.717) is 16.9 Å².